The van der Waals surface area contributed by atoms with Crippen LogP contribution in [0, 0.1) is 0 Å². The molecule has 4 aromatic heterocycles. The van der Waals surface area contributed by atoms with Crippen LogP contribution in [-0.2, 0) is 5.41 Å². The Balaban J connectivity index is 1.06. The summed E-state index contributed by atoms with van der Waals surface area (Å²) in [4.78, 5) is 15.2. The van der Waals surface area contributed by atoms with E-state index >= 15 is 0 Å². The van der Waals surface area contributed by atoms with E-state index in [0.717, 1.165) is 45.7 Å². The zero-order valence-electron chi connectivity index (χ0n) is 28.7. The minimum absolute atomic E-state index is 0.328. The lowest BCUT2D eigenvalue weighted by Crippen LogP contribution is -2.23. The molecule has 0 saturated carbocycles. The van der Waals surface area contributed by atoms with Crippen LogP contribution in [0.4, 0.5) is 0 Å². The molecule has 1 aliphatic rings. The van der Waals surface area contributed by atoms with Gasteiger partial charge in [0.2, 0.25) is 0 Å². The van der Waals surface area contributed by atoms with Gasteiger partial charge in [0.05, 0.1) is 28.1 Å². The van der Waals surface area contributed by atoms with Crippen molar-refractivity contribution < 1.29 is 0 Å². The Kier molecular flexibility index (Phi) is 6.97. The highest BCUT2D eigenvalue weighted by Crippen LogP contribution is 2.44. The number of rotatable bonds is 5. The average Bonchev–Trinajstić information content (AvgIpc) is 3.55. The fraction of sp³-hybridized carbons (Fsp3) is 0.0625. The Labute approximate surface area is 302 Å². The summed E-state index contributed by atoms with van der Waals surface area (Å²) in [6.07, 6.45) is 11.3. The van der Waals surface area contributed by atoms with E-state index < -0.39 is 0 Å². The normalized spacial score (nSPS) is 15.8. The number of hydrogen-bond acceptors (Lipinski definition) is 3. The van der Waals surface area contributed by atoms with Crippen molar-refractivity contribution in [1.82, 2.24) is 19.5 Å². The molecule has 10 rings (SSSR count). The first-order chi connectivity index (χ1) is 25.7. The number of nitrogens with zero attached hydrogens (tertiary/aromatic N) is 4. The second kappa shape index (κ2) is 12.0. The molecule has 1 atom stereocenters. The number of para-hydroxylation sites is 1. The van der Waals surface area contributed by atoms with E-state index in [1.54, 1.807) is 0 Å². The zero-order chi connectivity index (χ0) is 34.6. The fourth-order valence-electron chi connectivity index (χ4n) is 8.24. The van der Waals surface area contributed by atoms with Gasteiger partial charge in [-0.2, -0.15) is 0 Å². The standard InChI is InChI=1S/C48H34N4/c1-48(28-13-16-33(30-48)40-22-12-26-45(51-40)52-42-24-10-9-17-34(42)39-31-49-29-27-43(39)52)44-25-11-23-41(50-44)47-37-20-7-5-18-35(37)46(32-14-3-2-4-15-32)36-19-6-8-21-38(36)47/h2-29,31H,30H2,1H3. The van der Waals surface area contributed by atoms with Crippen LogP contribution in [0.15, 0.2) is 176 Å². The minimum atomic E-state index is -0.328. The molecule has 1 aliphatic carbocycles. The van der Waals surface area contributed by atoms with Crippen LogP contribution in [-0.4, -0.2) is 19.5 Å². The van der Waals surface area contributed by atoms with E-state index in [-0.39, 0.29) is 5.41 Å². The van der Waals surface area contributed by atoms with Gasteiger partial charge in [0.15, 0.2) is 0 Å². The smallest absolute Gasteiger partial charge is 0.138 e. The predicted octanol–water partition coefficient (Wildman–Crippen LogP) is 11.9. The molecule has 9 aromatic rings. The molecule has 1 unspecified atom stereocenters. The highest BCUT2D eigenvalue weighted by Gasteiger charge is 2.30. The maximum absolute atomic E-state index is 5.49. The summed E-state index contributed by atoms with van der Waals surface area (Å²) in [6.45, 7) is 2.29. The van der Waals surface area contributed by atoms with Crippen LogP contribution in [0.1, 0.15) is 24.7 Å². The Bertz CT molecular complexity index is 2790. The van der Waals surface area contributed by atoms with E-state index in [4.69, 9.17) is 9.97 Å². The molecule has 0 spiro atoms. The monoisotopic (exact) mass is 666 g/mol. The van der Waals surface area contributed by atoms with Crippen molar-refractivity contribution in [2.45, 2.75) is 18.8 Å². The third-order valence-electron chi connectivity index (χ3n) is 10.7. The summed E-state index contributed by atoms with van der Waals surface area (Å²) < 4.78 is 2.25. The second-order valence-electron chi connectivity index (χ2n) is 13.9. The summed E-state index contributed by atoms with van der Waals surface area (Å²) in [5, 5.41) is 7.17. The zero-order valence-corrected chi connectivity index (χ0v) is 28.7. The second-order valence-corrected chi connectivity index (χ2v) is 13.9. The van der Waals surface area contributed by atoms with Crippen molar-refractivity contribution in [3.63, 3.8) is 0 Å². The van der Waals surface area contributed by atoms with Gasteiger partial charge in [-0.25, -0.2) is 4.98 Å². The molecular weight excluding hydrogens is 633 g/mol. The summed E-state index contributed by atoms with van der Waals surface area (Å²) >= 11 is 0. The van der Waals surface area contributed by atoms with E-state index in [9.17, 15) is 0 Å². The highest BCUT2D eigenvalue weighted by molar-refractivity contribution is 6.21. The van der Waals surface area contributed by atoms with Gasteiger partial charge in [0, 0.05) is 34.1 Å². The molecule has 4 nitrogen and oxygen atoms in total. The van der Waals surface area contributed by atoms with Gasteiger partial charge >= 0.3 is 0 Å². The van der Waals surface area contributed by atoms with E-state index in [1.807, 2.05) is 12.4 Å². The van der Waals surface area contributed by atoms with Crippen molar-refractivity contribution in [2.24, 2.45) is 0 Å². The topological polar surface area (TPSA) is 43.6 Å². The summed E-state index contributed by atoms with van der Waals surface area (Å²) in [7, 11) is 0. The first kappa shape index (κ1) is 30.2. The van der Waals surface area contributed by atoms with Crippen molar-refractivity contribution >= 4 is 48.9 Å². The van der Waals surface area contributed by atoms with Gasteiger partial charge in [-0.1, -0.05) is 134 Å². The lowest BCUT2D eigenvalue weighted by Gasteiger charge is -2.30. The molecule has 52 heavy (non-hydrogen) atoms. The fourth-order valence-corrected chi connectivity index (χ4v) is 8.24. The van der Waals surface area contributed by atoms with Crippen LogP contribution >= 0.6 is 0 Å². The van der Waals surface area contributed by atoms with Crippen LogP contribution < -0.4 is 0 Å². The lowest BCUT2D eigenvalue weighted by molar-refractivity contribution is 0.587. The number of hydrogen-bond donors (Lipinski definition) is 0. The maximum Gasteiger partial charge on any atom is 0.138 e. The van der Waals surface area contributed by atoms with Crippen molar-refractivity contribution in [3.8, 4) is 28.2 Å². The van der Waals surface area contributed by atoms with Gasteiger partial charge in [-0.05, 0) is 81.1 Å². The van der Waals surface area contributed by atoms with Crippen molar-refractivity contribution in [2.75, 3.05) is 0 Å². The summed E-state index contributed by atoms with van der Waals surface area (Å²) in [6, 6.07) is 51.7. The highest BCUT2D eigenvalue weighted by atomic mass is 15.1. The number of aromatic nitrogens is 4. The molecule has 0 bridgehead atoms. The number of fused-ring (bicyclic) bond motifs is 5. The third kappa shape index (κ3) is 4.79. The largest absolute Gasteiger partial charge is 0.294 e. The molecular formula is C48H34N4. The van der Waals surface area contributed by atoms with E-state index in [2.05, 4.69) is 180 Å². The molecule has 246 valence electrons. The summed E-state index contributed by atoms with van der Waals surface area (Å²) in [5.41, 5.74) is 9.72. The van der Waals surface area contributed by atoms with E-state index in [1.165, 1.54) is 49.2 Å². The first-order valence-corrected chi connectivity index (χ1v) is 17.8. The molecule has 0 N–H and O–H groups in total. The molecule has 0 aliphatic heterocycles. The Morgan fingerprint density at radius 3 is 1.94 bits per heavy atom. The number of pyridine rings is 3. The van der Waals surface area contributed by atoms with Crippen LogP contribution in [0.3, 0.4) is 0 Å². The molecule has 0 radical (unpaired) electrons. The Morgan fingerprint density at radius 2 is 1.17 bits per heavy atom. The summed E-state index contributed by atoms with van der Waals surface area (Å²) in [5.74, 6) is 0.893. The predicted molar refractivity (Wildman–Crippen MR) is 216 cm³/mol. The quantitative estimate of drug-likeness (QED) is 0.172. The number of benzene rings is 5. The van der Waals surface area contributed by atoms with Crippen LogP contribution in [0.2, 0.25) is 0 Å². The average molecular weight is 667 g/mol. The molecule has 5 aromatic carbocycles. The minimum Gasteiger partial charge on any atom is -0.294 e. The van der Waals surface area contributed by atoms with E-state index in [0.29, 0.717) is 0 Å². The Morgan fingerprint density at radius 1 is 0.538 bits per heavy atom. The lowest BCUT2D eigenvalue weighted by atomic mass is 9.76. The van der Waals surface area contributed by atoms with Gasteiger partial charge in [-0.3, -0.25) is 14.5 Å². The first-order valence-electron chi connectivity index (χ1n) is 17.8. The SMILES string of the molecule is CC1(c2cccc(-c3c4ccccc4c(-c4ccccc4)c4ccccc34)n2)C=CC=C(c2cccc(-n3c4ccccc4c4cnccc43)n2)C1. The molecule has 0 amide bonds. The van der Waals surface area contributed by atoms with Gasteiger partial charge < -0.3 is 0 Å². The van der Waals surface area contributed by atoms with Gasteiger partial charge in [0.1, 0.15) is 5.82 Å². The third-order valence-corrected chi connectivity index (χ3v) is 10.7. The molecule has 4 heteroatoms. The molecule has 0 fully saturated rings. The van der Waals surface area contributed by atoms with Crippen LogP contribution in [0.25, 0.3) is 77.1 Å². The van der Waals surface area contributed by atoms with Crippen molar-refractivity contribution in [1.29, 1.82) is 0 Å². The molecule has 4 heterocycles. The molecule has 0 saturated heterocycles. The maximum atomic E-state index is 5.49. The Hall–Kier alpha value is -6.65. The number of allylic oxidation sites excluding steroid dienone is 4. The van der Waals surface area contributed by atoms with Gasteiger partial charge in [0.25, 0.3) is 0 Å². The van der Waals surface area contributed by atoms with Crippen LogP contribution in [0.5, 0.6) is 0 Å². The van der Waals surface area contributed by atoms with Gasteiger partial charge in [-0.15, -0.1) is 0 Å². The van der Waals surface area contributed by atoms with Crippen molar-refractivity contribution in [3.05, 3.63) is 188 Å².